The van der Waals surface area contributed by atoms with E-state index >= 15 is 0 Å². The van der Waals surface area contributed by atoms with E-state index in [2.05, 4.69) is 32.0 Å². The van der Waals surface area contributed by atoms with E-state index in [1.54, 1.807) is 13.0 Å². The molecule has 1 unspecified atom stereocenters. The number of imidazole rings is 1. The zero-order valence-electron chi connectivity index (χ0n) is 16.1. The number of aliphatic carboxylic acids is 1. The van der Waals surface area contributed by atoms with Crippen LogP contribution in [0.5, 0.6) is 6.01 Å². The third kappa shape index (κ3) is 4.29. The first-order valence-corrected chi connectivity index (χ1v) is 10.1. The van der Waals surface area contributed by atoms with E-state index in [0.29, 0.717) is 34.3 Å². The highest BCUT2D eigenvalue weighted by Crippen LogP contribution is 2.30. The fourth-order valence-corrected chi connectivity index (χ4v) is 3.82. The summed E-state index contributed by atoms with van der Waals surface area (Å²) in [7, 11) is 0. The Bertz CT molecular complexity index is 965. The van der Waals surface area contributed by atoms with Crippen molar-refractivity contribution in [2.45, 2.75) is 31.9 Å². The van der Waals surface area contributed by atoms with Crippen LogP contribution in [0.15, 0.2) is 24.3 Å². The van der Waals surface area contributed by atoms with Crippen molar-refractivity contribution in [1.29, 1.82) is 0 Å². The second kappa shape index (κ2) is 8.52. The number of rotatable bonds is 6. The molecule has 2 aromatic rings. The monoisotopic (exact) mass is 418 g/mol. The number of H-pyrrole nitrogens is 1. The summed E-state index contributed by atoms with van der Waals surface area (Å²) in [6.45, 7) is 5.16. The molecule has 3 heterocycles. The molecule has 4 rings (SSSR count). The number of nitrogens with zero attached hydrogens (tertiary/aromatic N) is 3. The number of nitrogens with one attached hydrogen (secondary N) is 1. The van der Waals surface area contributed by atoms with Crippen molar-refractivity contribution in [3.8, 4) is 6.01 Å². The van der Waals surface area contributed by atoms with Crippen LogP contribution < -0.4 is 4.74 Å². The maximum absolute atomic E-state index is 11.2. The predicted molar refractivity (Wildman–Crippen MR) is 109 cm³/mol. The first-order chi connectivity index (χ1) is 14.0. The van der Waals surface area contributed by atoms with Gasteiger partial charge in [-0.1, -0.05) is 36.8 Å². The molecule has 0 spiro atoms. The minimum atomic E-state index is -1.04. The van der Waals surface area contributed by atoms with Gasteiger partial charge in [-0.25, -0.2) is 9.78 Å². The molecule has 0 amide bonds. The summed E-state index contributed by atoms with van der Waals surface area (Å²) < 4.78 is 10.8. The third-order valence-corrected chi connectivity index (χ3v) is 5.46. The van der Waals surface area contributed by atoms with Crippen LogP contribution in [0.4, 0.5) is 0 Å². The van der Waals surface area contributed by atoms with Gasteiger partial charge in [0.2, 0.25) is 0 Å². The van der Waals surface area contributed by atoms with Crippen LogP contribution in [0.3, 0.4) is 0 Å². The maximum atomic E-state index is 11.2. The highest BCUT2D eigenvalue weighted by atomic mass is 35.5. The van der Waals surface area contributed by atoms with Gasteiger partial charge in [0.25, 0.3) is 6.01 Å². The third-order valence-electron chi connectivity index (χ3n) is 5.17. The average Bonchev–Trinajstić information content (AvgIpc) is 3.13. The molecule has 1 aliphatic heterocycles. The van der Waals surface area contributed by atoms with Gasteiger partial charge in [0.1, 0.15) is 0 Å². The van der Waals surface area contributed by atoms with Crippen molar-refractivity contribution < 1.29 is 19.4 Å². The SMILES string of the molecule is CCC(Oc1nc2nc(C3=CC[C@H](N4CCOCC4)C=C3)c(Cl)cc2[nH]1)C(=O)O. The van der Waals surface area contributed by atoms with Gasteiger partial charge in [0.15, 0.2) is 11.8 Å². The molecule has 154 valence electrons. The lowest BCUT2D eigenvalue weighted by molar-refractivity contribution is -0.145. The minimum absolute atomic E-state index is 0.121. The van der Waals surface area contributed by atoms with Crippen LogP contribution in [0.2, 0.25) is 5.02 Å². The van der Waals surface area contributed by atoms with Crippen molar-refractivity contribution in [3.63, 3.8) is 0 Å². The molecule has 0 aromatic carbocycles. The lowest BCUT2D eigenvalue weighted by Gasteiger charge is -2.33. The van der Waals surface area contributed by atoms with Crippen LogP contribution in [0, 0.1) is 0 Å². The molecule has 1 fully saturated rings. The predicted octanol–water partition coefficient (Wildman–Crippen LogP) is 2.90. The van der Waals surface area contributed by atoms with E-state index in [-0.39, 0.29) is 6.01 Å². The lowest BCUT2D eigenvalue weighted by Crippen LogP contribution is -2.42. The zero-order chi connectivity index (χ0) is 20.4. The Hall–Kier alpha value is -2.42. The van der Waals surface area contributed by atoms with Gasteiger partial charge in [0, 0.05) is 19.1 Å². The lowest BCUT2D eigenvalue weighted by atomic mass is 9.99. The number of carbonyl (C=O) groups is 1. The Morgan fingerprint density at radius 3 is 2.90 bits per heavy atom. The number of carboxylic acids is 1. The van der Waals surface area contributed by atoms with Gasteiger partial charge in [-0.3, -0.25) is 4.90 Å². The maximum Gasteiger partial charge on any atom is 0.345 e. The van der Waals surface area contributed by atoms with Crippen LogP contribution in [0.1, 0.15) is 25.5 Å². The number of ether oxygens (including phenoxy) is 2. The molecule has 8 nitrogen and oxygen atoms in total. The number of hydrogen-bond acceptors (Lipinski definition) is 6. The van der Waals surface area contributed by atoms with Gasteiger partial charge in [-0.2, -0.15) is 4.98 Å². The normalized spacial score (nSPS) is 21.2. The van der Waals surface area contributed by atoms with Crippen molar-refractivity contribution in [2.75, 3.05) is 26.3 Å². The van der Waals surface area contributed by atoms with E-state index in [9.17, 15) is 4.79 Å². The Labute approximate surface area is 173 Å². The molecule has 29 heavy (non-hydrogen) atoms. The van der Waals surface area contributed by atoms with Crippen LogP contribution >= 0.6 is 11.6 Å². The number of carboxylic acid groups (broad SMARTS) is 1. The molecular formula is C20H23ClN4O4. The first kappa shape index (κ1) is 19.9. The average molecular weight is 419 g/mol. The number of pyridine rings is 1. The molecule has 2 aromatic heterocycles. The summed E-state index contributed by atoms with van der Waals surface area (Å²) in [6.07, 6.45) is 6.61. The summed E-state index contributed by atoms with van der Waals surface area (Å²) in [6, 6.07) is 2.22. The Kier molecular flexibility index (Phi) is 5.84. The van der Waals surface area contributed by atoms with Crippen molar-refractivity contribution in [3.05, 3.63) is 35.0 Å². The standard InChI is InChI=1S/C20H23ClN4O4/c1-2-16(19(26)27)29-20-22-15-11-14(21)17(23-18(15)24-20)12-3-5-13(6-4-12)25-7-9-28-10-8-25/h3-5,11,13,16H,2,6-10H2,1H3,(H,26,27)(H,22,23,24)/t13-,16?/m1/s1. The fourth-order valence-electron chi connectivity index (χ4n) is 3.56. The Morgan fingerprint density at radius 2 is 2.24 bits per heavy atom. The van der Waals surface area contributed by atoms with E-state index in [1.165, 1.54) is 0 Å². The molecule has 0 radical (unpaired) electrons. The van der Waals surface area contributed by atoms with E-state index in [1.807, 2.05) is 6.08 Å². The molecule has 0 saturated carbocycles. The summed E-state index contributed by atoms with van der Waals surface area (Å²) >= 11 is 6.47. The quantitative estimate of drug-likeness (QED) is 0.743. The smallest absolute Gasteiger partial charge is 0.345 e. The summed E-state index contributed by atoms with van der Waals surface area (Å²) in [5.74, 6) is -1.04. The number of halogens is 1. The summed E-state index contributed by atoms with van der Waals surface area (Å²) in [5.41, 5.74) is 2.63. The van der Waals surface area contributed by atoms with Crippen LogP contribution in [-0.4, -0.2) is 69.4 Å². The first-order valence-electron chi connectivity index (χ1n) is 9.71. The number of aromatic nitrogens is 3. The van der Waals surface area contributed by atoms with E-state index < -0.39 is 12.1 Å². The molecule has 0 bridgehead atoms. The van der Waals surface area contributed by atoms with Gasteiger partial charge in [0.05, 0.1) is 29.4 Å². The topological polar surface area (TPSA) is 101 Å². The van der Waals surface area contributed by atoms with Crippen molar-refractivity contribution >= 4 is 34.3 Å². The van der Waals surface area contributed by atoms with Crippen LogP contribution in [0.25, 0.3) is 16.7 Å². The minimum Gasteiger partial charge on any atom is -0.479 e. The summed E-state index contributed by atoms with van der Waals surface area (Å²) in [5, 5.41) is 9.65. The van der Waals surface area contributed by atoms with Gasteiger partial charge >= 0.3 is 5.97 Å². The second-order valence-corrected chi connectivity index (χ2v) is 7.46. The van der Waals surface area contributed by atoms with Crippen LogP contribution in [-0.2, 0) is 9.53 Å². The summed E-state index contributed by atoms with van der Waals surface area (Å²) in [4.78, 5) is 25.4. The van der Waals surface area contributed by atoms with Gasteiger partial charge < -0.3 is 19.6 Å². The van der Waals surface area contributed by atoms with Crippen molar-refractivity contribution in [1.82, 2.24) is 19.9 Å². The number of morpholine rings is 1. The number of allylic oxidation sites excluding steroid dienone is 2. The zero-order valence-corrected chi connectivity index (χ0v) is 16.9. The highest BCUT2D eigenvalue weighted by Gasteiger charge is 2.22. The number of aromatic amines is 1. The second-order valence-electron chi connectivity index (χ2n) is 7.05. The molecule has 1 saturated heterocycles. The molecule has 2 N–H and O–H groups in total. The van der Waals surface area contributed by atoms with Gasteiger partial charge in [-0.15, -0.1) is 0 Å². The largest absolute Gasteiger partial charge is 0.479 e. The van der Waals surface area contributed by atoms with E-state index in [4.69, 9.17) is 26.2 Å². The Morgan fingerprint density at radius 1 is 1.45 bits per heavy atom. The molecule has 9 heteroatoms. The fraction of sp³-hybridized carbons (Fsp3) is 0.450. The van der Waals surface area contributed by atoms with E-state index in [0.717, 1.165) is 38.3 Å². The molecule has 1 aliphatic carbocycles. The Balaban J connectivity index is 1.53. The number of hydrogen-bond donors (Lipinski definition) is 2. The molecular weight excluding hydrogens is 396 g/mol. The van der Waals surface area contributed by atoms with Gasteiger partial charge in [-0.05, 0) is 24.5 Å². The highest BCUT2D eigenvalue weighted by molar-refractivity contribution is 6.32. The van der Waals surface area contributed by atoms with Crippen molar-refractivity contribution in [2.24, 2.45) is 0 Å². The molecule has 2 aliphatic rings. The molecule has 2 atom stereocenters. The number of fused-ring (bicyclic) bond motifs is 1.